The van der Waals surface area contributed by atoms with E-state index in [9.17, 15) is 18.0 Å². The first kappa shape index (κ1) is 24.4. The lowest BCUT2D eigenvalue weighted by Gasteiger charge is -2.35. The normalized spacial score (nSPS) is 19.2. The topological polar surface area (TPSA) is 139 Å². The molecular weight excluding hydrogens is 506 g/mol. The van der Waals surface area contributed by atoms with Gasteiger partial charge < -0.3 is 24.6 Å². The number of benzene rings is 1. The Morgan fingerprint density at radius 3 is 2.76 bits per heavy atom. The SMILES string of the molecule is CS(=O)(=O)N1CC=C(c2cc3c(N4CCC[C@@H](n5ccn6ccnc6c5=O)C4)ccc(C(N)=O)c3[nH]2)CC1. The number of H-pyrrole nitrogens is 1. The Bertz CT molecular complexity index is 1770. The van der Waals surface area contributed by atoms with E-state index < -0.39 is 15.9 Å². The molecular formula is C26H29N7O4S. The average molecular weight is 536 g/mol. The molecule has 2 aliphatic rings. The maximum atomic E-state index is 13.1. The van der Waals surface area contributed by atoms with Crippen LogP contribution in [0.5, 0.6) is 0 Å². The van der Waals surface area contributed by atoms with Gasteiger partial charge in [-0.05, 0) is 43.0 Å². The quantitative estimate of drug-likeness (QED) is 0.401. The van der Waals surface area contributed by atoms with Crippen LogP contribution in [0.2, 0.25) is 0 Å². The smallest absolute Gasteiger partial charge is 0.294 e. The number of hydrogen-bond acceptors (Lipinski definition) is 6. The first-order valence-corrected chi connectivity index (χ1v) is 14.4. The zero-order valence-corrected chi connectivity index (χ0v) is 21.8. The largest absolute Gasteiger partial charge is 0.369 e. The van der Waals surface area contributed by atoms with Gasteiger partial charge in [-0.15, -0.1) is 0 Å². The maximum absolute atomic E-state index is 13.1. The Morgan fingerprint density at radius 2 is 2.03 bits per heavy atom. The molecule has 3 N–H and O–H groups in total. The van der Waals surface area contributed by atoms with Gasteiger partial charge in [0.25, 0.3) is 11.5 Å². The van der Waals surface area contributed by atoms with E-state index in [1.165, 1.54) is 10.6 Å². The fraction of sp³-hybridized carbons (Fsp3) is 0.346. The third-order valence-corrected chi connectivity index (χ3v) is 8.91. The summed E-state index contributed by atoms with van der Waals surface area (Å²) in [5.74, 6) is -0.521. The monoisotopic (exact) mass is 535 g/mol. The van der Waals surface area contributed by atoms with Crippen molar-refractivity contribution in [3.05, 3.63) is 70.7 Å². The van der Waals surface area contributed by atoms with E-state index in [2.05, 4.69) is 14.9 Å². The number of anilines is 1. The van der Waals surface area contributed by atoms with Crippen LogP contribution >= 0.6 is 0 Å². The molecule has 3 aromatic heterocycles. The van der Waals surface area contributed by atoms with Gasteiger partial charge in [0.05, 0.1) is 23.4 Å². The summed E-state index contributed by atoms with van der Waals surface area (Å²) in [6, 6.07) is 5.66. The maximum Gasteiger partial charge on any atom is 0.294 e. The second-order valence-corrected chi connectivity index (χ2v) is 12.0. The van der Waals surface area contributed by atoms with Gasteiger partial charge in [0.1, 0.15) is 0 Å². The number of primary amides is 1. The van der Waals surface area contributed by atoms with Gasteiger partial charge in [-0.2, -0.15) is 4.31 Å². The Balaban J connectivity index is 1.36. The van der Waals surface area contributed by atoms with E-state index in [-0.39, 0.29) is 11.6 Å². The lowest BCUT2D eigenvalue weighted by Crippen LogP contribution is -2.40. The number of nitrogens with zero attached hydrogens (tertiary/aromatic N) is 5. The van der Waals surface area contributed by atoms with Gasteiger partial charge in [0, 0.05) is 67.7 Å². The van der Waals surface area contributed by atoms with Crippen LogP contribution in [0.3, 0.4) is 0 Å². The molecule has 0 radical (unpaired) electrons. The molecule has 0 spiro atoms. The molecule has 1 aromatic carbocycles. The van der Waals surface area contributed by atoms with Crippen LogP contribution < -0.4 is 16.2 Å². The van der Waals surface area contributed by atoms with Crippen molar-refractivity contribution in [3.8, 4) is 0 Å². The van der Waals surface area contributed by atoms with Crippen molar-refractivity contribution in [2.45, 2.75) is 25.3 Å². The number of carbonyl (C=O) groups excluding carboxylic acids is 1. The van der Waals surface area contributed by atoms with Crippen LogP contribution in [0.25, 0.3) is 22.1 Å². The third kappa shape index (κ3) is 4.19. The van der Waals surface area contributed by atoms with Crippen LogP contribution in [0.4, 0.5) is 5.69 Å². The van der Waals surface area contributed by atoms with Crippen molar-refractivity contribution >= 4 is 43.7 Å². The van der Waals surface area contributed by atoms with Gasteiger partial charge in [-0.1, -0.05) is 6.08 Å². The highest BCUT2D eigenvalue weighted by molar-refractivity contribution is 7.88. The molecule has 2 aliphatic heterocycles. The average Bonchev–Trinajstić information content (AvgIpc) is 3.56. The Kier molecular flexibility index (Phi) is 5.88. The highest BCUT2D eigenvalue weighted by Crippen LogP contribution is 2.36. The van der Waals surface area contributed by atoms with Crippen molar-refractivity contribution in [1.29, 1.82) is 0 Å². The van der Waals surface area contributed by atoms with Crippen LogP contribution in [0, 0.1) is 0 Å². The minimum Gasteiger partial charge on any atom is -0.369 e. The molecule has 0 unspecified atom stereocenters. The predicted molar refractivity (Wildman–Crippen MR) is 146 cm³/mol. The highest BCUT2D eigenvalue weighted by atomic mass is 32.2. The molecule has 11 nitrogen and oxygen atoms in total. The molecule has 1 saturated heterocycles. The molecule has 12 heteroatoms. The molecule has 5 heterocycles. The predicted octanol–water partition coefficient (Wildman–Crippen LogP) is 1.97. The van der Waals surface area contributed by atoms with Crippen molar-refractivity contribution in [1.82, 2.24) is 23.2 Å². The van der Waals surface area contributed by atoms with Crippen LogP contribution in [0.15, 0.2) is 53.9 Å². The Labute approximate surface area is 219 Å². The second kappa shape index (κ2) is 9.14. The van der Waals surface area contributed by atoms with E-state index >= 15 is 0 Å². The Morgan fingerprint density at radius 1 is 1.18 bits per heavy atom. The third-order valence-electron chi connectivity index (χ3n) is 7.64. The van der Waals surface area contributed by atoms with Crippen LogP contribution in [-0.4, -0.2) is 70.0 Å². The minimum atomic E-state index is -3.25. The number of aromatic nitrogens is 4. The summed E-state index contributed by atoms with van der Waals surface area (Å²) in [5, 5.41) is 0.874. The highest BCUT2D eigenvalue weighted by Gasteiger charge is 2.27. The van der Waals surface area contributed by atoms with E-state index in [0.717, 1.165) is 41.7 Å². The van der Waals surface area contributed by atoms with Gasteiger partial charge in [0.2, 0.25) is 15.7 Å². The van der Waals surface area contributed by atoms with Crippen molar-refractivity contribution in [2.75, 3.05) is 37.3 Å². The number of sulfonamides is 1. The molecule has 1 fully saturated rings. The number of amides is 1. The Hall–Kier alpha value is -3.90. The number of carbonyl (C=O) groups is 1. The zero-order valence-electron chi connectivity index (χ0n) is 21.0. The van der Waals surface area contributed by atoms with Crippen molar-refractivity contribution in [3.63, 3.8) is 0 Å². The number of aromatic amines is 1. The van der Waals surface area contributed by atoms with Gasteiger partial charge >= 0.3 is 0 Å². The summed E-state index contributed by atoms with van der Waals surface area (Å²) in [4.78, 5) is 35.2. The minimum absolute atomic E-state index is 0.0229. The number of hydrogen-bond donors (Lipinski definition) is 2. The molecule has 198 valence electrons. The zero-order chi connectivity index (χ0) is 26.6. The second-order valence-electron chi connectivity index (χ2n) is 9.98. The van der Waals surface area contributed by atoms with E-state index in [1.807, 2.05) is 30.6 Å². The van der Waals surface area contributed by atoms with Crippen molar-refractivity contribution in [2.24, 2.45) is 5.73 Å². The summed E-state index contributed by atoms with van der Waals surface area (Å²) in [6.45, 7) is 2.16. The van der Waals surface area contributed by atoms with E-state index in [0.29, 0.717) is 42.8 Å². The number of rotatable bonds is 5. The standard InChI is InChI=1S/C26H29N7O4S/c1-38(36,37)32-10-6-17(7-11-32)21-15-20-22(5-4-19(24(27)34)23(20)29-21)31-9-2-3-18(16-31)33-14-13-30-12-8-28-25(30)26(33)35/h4-6,8,12-15,18,29H,2-3,7,9-11,16H2,1H3,(H2,27,34)/t18-/m1/s1. The number of imidazole rings is 1. The lowest BCUT2D eigenvalue weighted by molar-refractivity contribution is 0.100. The summed E-state index contributed by atoms with van der Waals surface area (Å²) >= 11 is 0. The van der Waals surface area contributed by atoms with E-state index in [4.69, 9.17) is 5.73 Å². The fourth-order valence-corrected chi connectivity index (χ4v) is 6.44. The first-order valence-electron chi connectivity index (χ1n) is 12.6. The summed E-state index contributed by atoms with van der Waals surface area (Å²) in [5.41, 5.74) is 9.86. The molecule has 0 aliphatic carbocycles. The van der Waals surface area contributed by atoms with Crippen LogP contribution in [0.1, 0.15) is 41.4 Å². The molecule has 0 bridgehead atoms. The van der Waals surface area contributed by atoms with Gasteiger partial charge in [-0.25, -0.2) is 13.4 Å². The number of nitrogens with two attached hydrogens (primary N) is 1. The van der Waals surface area contributed by atoms with Gasteiger partial charge in [-0.3, -0.25) is 9.59 Å². The molecule has 1 atom stereocenters. The summed E-state index contributed by atoms with van der Waals surface area (Å²) in [6.07, 6.45) is 12.5. The number of piperidine rings is 1. The lowest BCUT2D eigenvalue weighted by atomic mass is 10.0. The fourth-order valence-electron chi connectivity index (χ4n) is 5.67. The van der Waals surface area contributed by atoms with Crippen molar-refractivity contribution < 1.29 is 13.2 Å². The van der Waals surface area contributed by atoms with Crippen LogP contribution in [-0.2, 0) is 10.0 Å². The summed E-state index contributed by atoms with van der Waals surface area (Å²) < 4.78 is 28.8. The summed E-state index contributed by atoms with van der Waals surface area (Å²) in [7, 11) is -3.25. The van der Waals surface area contributed by atoms with Gasteiger partial charge in [0.15, 0.2) is 0 Å². The molecule has 38 heavy (non-hydrogen) atoms. The number of fused-ring (bicyclic) bond motifs is 2. The molecule has 1 amide bonds. The molecule has 0 saturated carbocycles. The number of nitrogens with one attached hydrogen (secondary N) is 1. The first-order chi connectivity index (χ1) is 18.2. The molecule has 6 rings (SSSR count). The van der Waals surface area contributed by atoms with E-state index in [1.54, 1.807) is 27.4 Å². The molecule has 4 aromatic rings.